The predicted octanol–water partition coefficient (Wildman–Crippen LogP) is 3.19. The van der Waals surface area contributed by atoms with Gasteiger partial charge >= 0.3 is 0 Å². The Kier molecular flexibility index (Phi) is 6.65. The highest BCUT2D eigenvalue weighted by atomic mass is 35.5. The van der Waals surface area contributed by atoms with Gasteiger partial charge in [-0.25, -0.2) is 5.43 Å². The van der Waals surface area contributed by atoms with E-state index in [0.717, 1.165) is 11.1 Å². The minimum absolute atomic E-state index is 0.189. The molecule has 0 saturated carbocycles. The number of carbonyl (C=O) groups is 1. The molecule has 0 aliphatic rings. The Morgan fingerprint density at radius 2 is 1.84 bits per heavy atom. The van der Waals surface area contributed by atoms with E-state index in [-0.39, 0.29) is 6.61 Å². The standard InChI is InChI=1S/C18H19ClN2O4/c1-12-8-16(23-2)17(24-3)9-13(12)10-20-21-18(22)11-25-15-7-5-4-6-14(15)19/h4-10H,11H2,1-3H3,(H,21,22). The van der Waals surface area contributed by atoms with Crippen LogP contribution in [0.15, 0.2) is 41.5 Å². The Morgan fingerprint density at radius 3 is 2.52 bits per heavy atom. The van der Waals surface area contributed by atoms with E-state index in [1.54, 1.807) is 44.6 Å². The Morgan fingerprint density at radius 1 is 1.16 bits per heavy atom. The number of halogens is 1. The summed E-state index contributed by atoms with van der Waals surface area (Å²) < 4.78 is 15.8. The molecule has 7 heteroatoms. The Bertz CT molecular complexity index is 778. The van der Waals surface area contributed by atoms with Crippen LogP contribution in [0.1, 0.15) is 11.1 Å². The molecule has 2 aromatic carbocycles. The first-order valence-corrected chi connectivity index (χ1v) is 7.84. The summed E-state index contributed by atoms with van der Waals surface area (Å²) in [6, 6.07) is 10.5. The fourth-order valence-electron chi connectivity index (χ4n) is 2.05. The van der Waals surface area contributed by atoms with Crippen molar-refractivity contribution in [3.63, 3.8) is 0 Å². The number of para-hydroxylation sites is 1. The summed E-state index contributed by atoms with van der Waals surface area (Å²) in [7, 11) is 3.13. The van der Waals surface area contributed by atoms with Crippen molar-refractivity contribution in [2.45, 2.75) is 6.92 Å². The number of ether oxygens (including phenoxy) is 3. The molecule has 132 valence electrons. The number of hydrogen-bond donors (Lipinski definition) is 1. The number of aryl methyl sites for hydroxylation is 1. The van der Waals surface area contributed by atoms with Gasteiger partial charge in [0, 0.05) is 5.56 Å². The third kappa shape index (κ3) is 5.12. The first kappa shape index (κ1) is 18.6. The Labute approximate surface area is 151 Å². The zero-order valence-electron chi connectivity index (χ0n) is 14.2. The van der Waals surface area contributed by atoms with Gasteiger partial charge < -0.3 is 14.2 Å². The average molecular weight is 363 g/mol. The maximum atomic E-state index is 11.8. The summed E-state index contributed by atoms with van der Waals surface area (Å²) in [6.07, 6.45) is 1.53. The van der Waals surface area contributed by atoms with Crippen molar-refractivity contribution in [3.8, 4) is 17.2 Å². The van der Waals surface area contributed by atoms with Gasteiger partial charge in [-0.15, -0.1) is 0 Å². The molecule has 0 bridgehead atoms. The number of carbonyl (C=O) groups excluding carboxylic acids is 1. The highest BCUT2D eigenvalue weighted by molar-refractivity contribution is 6.32. The summed E-state index contributed by atoms with van der Waals surface area (Å²) in [5.74, 6) is 1.27. The van der Waals surface area contributed by atoms with Gasteiger partial charge in [0.2, 0.25) is 0 Å². The van der Waals surface area contributed by atoms with Crippen LogP contribution in [-0.2, 0) is 4.79 Å². The fraction of sp³-hybridized carbons (Fsp3) is 0.222. The van der Waals surface area contributed by atoms with Gasteiger partial charge in [0.15, 0.2) is 18.1 Å². The topological polar surface area (TPSA) is 69.2 Å². The lowest BCUT2D eigenvalue weighted by atomic mass is 10.1. The van der Waals surface area contributed by atoms with Crippen molar-refractivity contribution in [2.75, 3.05) is 20.8 Å². The Hall–Kier alpha value is -2.73. The van der Waals surface area contributed by atoms with E-state index >= 15 is 0 Å². The predicted molar refractivity (Wildman–Crippen MR) is 97.0 cm³/mol. The van der Waals surface area contributed by atoms with Gasteiger partial charge in [0.05, 0.1) is 25.5 Å². The summed E-state index contributed by atoms with van der Waals surface area (Å²) >= 11 is 5.95. The zero-order chi connectivity index (χ0) is 18.2. The SMILES string of the molecule is COc1cc(C)c(C=NNC(=O)COc2ccccc2Cl)cc1OC. The monoisotopic (exact) mass is 362 g/mol. The van der Waals surface area contributed by atoms with E-state index in [4.69, 9.17) is 25.8 Å². The van der Waals surface area contributed by atoms with Crippen LogP contribution in [0.4, 0.5) is 0 Å². The molecule has 0 heterocycles. The second-order valence-electron chi connectivity index (χ2n) is 5.08. The maximum absolute atomic E-state index is 11.8. The van der Waals surface area contributed by atoms with Gasteiger partial charge in [-0.05, 0) is 36.8 Å². The molecular formula is C18H19ClN2O4. The van der Waals surface area contributed by atoms with Crippen molar-refractivity contribution in [3.05, 3.63) is 52.5 Å². The second kappa shape index (κ2) is 8.94. The smallest absolute Gasteiger partial charge is 0.277 e. The molecule has 0 aromatic heterocycles. The molecule has 0 radical (unpaired) electrons. The van der Waals surface area contributed by atoms with Crippen molar-refractivity contribution >= 4 is 23.7 Å². The third-order valence-electron chi connectivity index (χ3n) is 3.36. The summed E-state index contributed by atoms with van der Waals surface area (Å²) in [5, 5.41) is 4.38. The normalized spacial score (nSPS) is 10.6. The van der Waals surface area contributed by atoms with Crippen molar-refractivity contribution in [1.82, 2.24) is 5.43 Å². The first-order valence-electron chi connectivity index (χ1n) is 7.47. The maximum Gasteiger partial charge on any atom is 0.277 e. The van der Waals surface area contributed by atoms with E-state index in [1.165, 1.54) is 6.21 Å². The number of nitrogens with zero attached hydrogens (tertiary/aromatic N) is 1. The summed E-state index contributed by atoms with van der Waals surface area (Å²) in [4.78, 5) is 11.8. The lowest BCUT2D eigenvalue weighted by Gasteiger charge is -2.10. The molecule has 25 heavy (non-hydrogen) atoms. The number of nitrogens with one attached hydrogen (secondary N) is 1. The van der Waals surface area contributed by atoms with Crippen LogP contribution in [0.25, 0.3) is 0 Å². The van der Waals surface area contributed by atoms with Gasteiger partial charge in [-0.3, -0.25) is 4.79 Å². The molecule has 0 fully saturated rings. The largest absolute Gasteiger partial charge is 0.493 e. The number of benzene rings is 2. The minimum atomic E-state index is -0.394. The highest BCUT2D eigenvalue weighted by Gasteiger charge is 2.08. The molecule has 0 atom stereocenters. The van der Waals surface area contributed by atoms with Crippen LogP contribution >= 0.6 is 11.6 Å². The number of hydrazone groups is 1. The molecule has 0 saturated heterocycles. The lowest BCUT2D eigenvalue weighted by molar-refractivity contribution is -0.123. The molecule has 1 amide bonds. The van der Waals surface area contributed by atoms with Crippen molar-refractivity contribution in [2.24, 2.45) is 5.10 Å². The van der Waals surface area contributed by atoms with Crippen molar-refractivity contribution in [1.29, 1.82) is 0 Å². The van der Waals surface area contributed by atoms with Crippen LogP contribution in [0.3, 0.4) is 0 Å². The molecule has 1 N–H and O–H groups in total. The van der Waals surface area contributed by atoms with Crippen LogP contribution in [0, 0.1) is 6.92 Å². The Balaban J connectivity index is 1.94. The molecule has 6 nitrogen and oxygen atoms in total. The molecule has 0 unspecified atom stereocenters. The van der Waals surface area contributed by atoms with E-state index in [1.807, 2.05) is 13.0 Å². The van der Waals surface area contributed by atoms with E-state index in [2.05, 4.69) is 10.5 Å². The van der Waals surface area contributed by atoms with Crippen molar-refractivity contribution < 1.29 is 19.0 Å². The molecule has 0 spiro atoms. The van der Waals surface area contributed by atoms with Crippen LogP contribution < -0.4 is 19.6 Å². The molecule has 0 aliphatic heterocycles. The number of methoxy groups -OCH3 is 2. The second-order valence-corrected chi connectivity index (χ2v) is 5.48. The van der Waals surface area contributed by atoms with Crippen LogP contribution in [0.5, 0.6) is 17.2 Å². The van der Waals surface area contributed by atoms with E-state index in [9.17, 15) is 4.79 Å². The van der Waals surface area contributed by atoms with Crippen LogP contribution in [-0.4, -0.2) is 32.9 Å². The van der Waals surface area contributed by atoms with E-state index < -0.39 is 5.91 Å². The quantitative estimate of drug-likeness (QED) is 0.606. The number of amides is 1. The fourth-order valence-corrected chi connectivity index (χ4v) is 2.24. The highest BCUT2D eigenvalue weighted by Crippen LogP contribution is 2.29. The molecule has 2 rings (SSSR count). The van der Waals surface area contributed by atoms with Crippen LogP contribution in [0.2, 0.25) is 5.02 Å². The van der Waals surface area contributed by atoms with Gasteiger partial charge in [-0.2, -0.15) is 5.10 Å². The molecular weight excluding hydrogens is 344 g/mol. The van der Waals surface area contributed by atoms with Gasteiger partial charge in [0.25, 0.3) is 5.91 Å². The zero-order valence-corrected chi connectivity index (χ0v) is 15.0. The lowest BCUT2D eigenvalue weighted by Crippen LogP contribution is -2.24. The van der Waals surface area contributed by atoms with Gasteiger partial charge in [0.1, 0.15) is 5.75 Å². The summed E-state index contributed by atoms with van der Waals surface area (Å²) in [5.41, 5.74) is 4.13. The van der Waals surface area contributed by atoms with Gasteiger partial charge in [-0.1, -0.05) is 23.7 Å². The van der Waals surface area contributed by atoms with E-state index in [0.29, 0.717) is 22.3 Å². The number of rotatable bonds is 7. The average Bonchev–Trinajstić information content (AvgIpc) is 2.62. The first-order chi connectivity index (χ1) is 12.0. The minimum Gasteiger partial charge on any atom is -0.493 e. The molecule has 0 aliphatic carbocycles. The third-order valence-corrected chi connectivity index (χ3v) is 3.67. The summed E-state index contributed by atoms with van der Waals surface area (Å²) in [6.45, 7) is 1.72. The number of hydrogen-bond acceptors (Lipinski definition) is 5. The molecule has 2 aromatic rings.